The second-order valence-electron chi connectivity index (χ2n) is 4.84. The predicted molar refractivity (Wildman–Crippen MR) is 78.6 cm³/mol. The summed E-state index contributed by atoms with van der Waals surface area (Å²) >= 11 is 0. The fourth-order valence-electron chi connectivity index (χ4n) is 2.08. The Kier molecular flexibility index (Phi) is 9.41. The number of ether oxygens (including phenoxy) is 2. The van der Waals surface area contributed by atoms with E-state index in [2.05, 4.69) is 12.2 Å². The van der Waals surface area contributed by atoms with E-state index in [1.807, 2.05) is 0 Å². The Balaban J connectivity index is 5.23. The topological polar surface area (TPSA) is 81.7 Å². The van der Waals surface area contributed by atoms with Crippen molar-refractivity contribution in [1.29, 1.82) is 0 Å². The lowest BCUT2D eigenvalue weighted by Crippen LogP contribution is -2.61. The number of unbranched alkanes of at least 4 members (excludes halogenated alkanes) is 3. The SMILES string of the molecule is CCCCCCC(NC(C)=O)(C(=O)OCC)C(=O)OCC. The molecule has 122 valence electrons. The summed E-state index contributed by atoms with van der Waals surface area (Å²) in [5.41, 5.74) is -1.73. The Morgan fingerprint density at radius 1 is 0.905 bits per heavy atom. The largest absolute Gasteiger partial charge is 0.464 e. The second-order valence-corrected chi connectivity index (χ2v) is 4.84. The molecule has 0 atom stereocenters. The molecule has 0 aromatic carbocycles. The van der Waals surface area contributed by atoms with Crippen LogP contribution in [0.4, 0.5) is 0 Å². The molecule has 0 rings (SSSR count). The maximum Gasteiger partial charge on any atom is 0.343 e. The van der Waals surface area contributed by atoms with Crippen LogP contribution in [0.1, 0.15) is 59.8 Å². The van der Waals surface area contributed by atoms with E-state index in [-0.39, 0.29) is 19.6 Å². The summed E-state index contributed by atoms with van der Waals surface area (Å²) in [5, 5.41) is 2.45. The van der Waals surface area contributed by atoms with Gasteiger partial charge in [0.25, 0.3) is 0 Å². The number of hydrogen-bond donors (Lipinski definition) is 1. The third kappa shape index (κ3) is 6.14. The minimum atomic E-state index is -1.73. The molecule has 0 saturated carbocycles. The van der Waals surface area contributed by atoms with Gasteiger partial charge in [-0.15, -0.1) is 0 Å². The average Bonchev–Trinajstić information content (AvgIpc) is 2.42. The molecule has 0 aromatic heterocycles. The Labute approximate surface area is 126 Å². The molecule has 0 unspecified atom stereocenters. The summed E-state index contributed by atoms with van der Waals surface area (Å²) in [6.45, 7) is 6.90. The van der Waals surface area contributed by atoms with Crippen LogP contribution < -0.4 is 5.32 Å². The zero-order valence-corrected chi connectivity index (χ0v) is 13.5. The molecule has 0 aromatic rings. The molecule has 6 nitrogen and oxygen atoms in total. The van der Waals surface area contributed by atoms with E-state index in [9.17, 15) is 14.4 Å². The van der Waals surface area contributed by atoms with Crippen LogP contribution in [0.15, 0.2) is 0 Å². The van der Waals surface area contributed by atoms with E-state index in [1.165, 1.54) is 6.92 Å². The van der Waals surface area contributed by atoms with Gasteiger partial charge in [0.15, 0.2) is 0 Å². The van der Waals surface area contributed by atoms with Crippen molar-refractivity contribution in [2.24, 2.45) is 0 Å². The summed E-state index contributed by atoms with van der Waals surface area (Å²) in [7, 11) is 0. The lowest BCUT2D eigenvalue weighted by atomic mass is 9.91. The van der Waals surface area contributed by atoms with E-state index in [0.29, 0.717) is 6.42 Å². The lowest BCUT2D eigenvalue weighted by Gasteiger charge is -2.29. The number of esters is 2. The Hall–Kier alpha value is -1.59. The van der Waals surface area contributed by atoms with E-state index in [4.69, 9.17) is 9.47 Å². The van der Waals surface area contributed by atoms with Gasteiger partial charge < -0.3 is 14.8 Å². The molecule has 0 heterocycles. The molecule has 0 fully saturated rings. The quantitative estimate of drug-likeness (QED) is 0.379. The summed E-state index contributed by atoms with van der Waals surface area (Å²) in [4.78, 5) is 35.9. The van der Waals surface area contributed by atoms with Crippen LogP contribution in [-0.2, 0) is 23.9 Å². The number of nitrogens with one attached hydrogen (secondary N) is 1. The number of amides is 1. The molecule has 0 spiro atoms. The monoisotopic (exact) mass is 301 g/mol. The Morgan fingerprint density at radius 2 is 1.43 bits per heavy atom. The molecular weight excluding hydrogens is 274 g/mol. The van der Waals surface area contributed by atoms with Crippen molar-refractivity contribution < 1.29 is 23.9 Å². The third-order valence-electron chi connectivity index (χ3n) is 3.04. The molecule has 0 aliphatic carbocycles. The molecule has 1 amide bonds. The molecule has 6 heteroatoms. The summed E-state index contributed by atoms with van der Waals surface area (Å²) in [5.74, 6) is -1.98. The highest BCUT2D eigenvalue weighted by Gasteiger charge is 2.49. The van der Waals surface area contributed by atoms with Crippen LogP contribution in [0.5, 0.6) is 0 Å². The highest BCUT2D eigenvalue weighted by atomic mass is 16.6. The molecule has 0 aliphatic heterocycles. The van der Waals surface area contributed by atoms with Crippen LogP contribution in [0.2, 0.25) is 0 Å². The van der Waals surface area contributed by atoms with Crippen molar-refractivity contribution in [1.82, 2.24) is 5.32 Å². The van der Waals surface area contributed by atoms with Gasteiger partial charge in [0, 0.05) is 6.92 Å². The number of carbonyl (C=O) groups excluding carboxylic acids is 3. The van der Waals surface area contributed by atoms with Crippen molar-refractivity contribution in [3.8, 4) is 0 Å². The van der Waals surface area contributed by atoms with Crippen LogP contribution in [-0.4, -0.2) is 36.6 Å². The average molecular weight is 301 g/mol. The molecule has 0 radical (unpaired) electrons. The first kappa shape index (κ1) is 19.4. The fourth-order valence-corrected chi connectivity index (χ4v) is 2.08. The first-order valence-corrected chi connectivity index (χ1v) is 7.57. The minimum Gasteiger partial charge on any atom is -0.464 e. The smallest absolute Gasteiger partial charge is 0.343 e. The number of rotatable bonds is 10. The van der Waals surface area contributed by atoms with E-state index >= 15 is 0 Å². The van der Waals surface area contributed by atoms with Gasteiger partial charge >= 0.3 is 11.9 Å². The van der Waals surface area contributed by atoms with Gasteiger partial charge in [0.1, 0.15) is 0 Å². The van der Waals surface area contributed by atoms with Crippen molar-refractivity contribution in [3.05, 3.63) is 0 Å². The van der Waals surface area contributed by atoms with Crippen molar-refractivity contribution >= 4 is 17.8 Å². The van der Waals surface area contributed by atoms with Crippen LogP contribution in [0, 0.1) is 0 Å². The first-order chi connectivity index (χ1) is 9.94. The normalized spacial score (nSPS) is 10.9. The molecule has 0 bridgehead atoms. The van der Waals surface area contributed by atoms with Gasteiger partial charge in [-0.25, -0.2) is 9.59 Å². The van der Waals surface area contributed by atoms with Crippen LogP contribution in [0.25, 0.3) is 0 Å². The molecule has 21 heavy (non-hydrogen) atoms. The van der Waals surface area contributed by atoms with Crippen molar-refractivity contribution in [2.75, 3.05) is 13.2 Å². The number of hydrogen-bond acceptors (Lipinski definition) is 5. The third-order valence-corrected chi connectivity index (χ3v) is 3.04. The second kappa shape index (κ2) is 10.2. The summed E-state index contributed by atoms with van der Waals surface area (Å²) in [6.07, 6.45) is 3.72. The van der Waals surface area contributed by atoms with Gasteiger partial charge in [0.05, 0.1) is 13.2 Å². The zero-order chi connectivity index (χ0) is 16.3. The summed E-state index contributed by atoms with van der Waals surface area (Å²) in [6, 6.07) is 0. The summed E-state index contributed by atoms with van der Waals surface area (Å²) < 4.78 is 9.96. The van der Waals surface area contributed by atoms with Crippen molar-refractivity contribution in [3.63, 3.8) is 0 Å². The molecule has 0 saturated heterocycles. The first-order valence-electron chi connectivity index (χ1n) is 7.57. The van der Waals surface area contributed by atoms with Crippen molar-refractivity contribution in [2.45, 2.75) is 65.3 Å². The van der Waals surface area contributed by atoms with E-state index in [1.54, 1.807) is 13.8 Å². The predicted octanol–water partition coefficient (Wildman–Crippen LogP) is 1.96. The van der Waals surface area contributed by atoms with Gasteiger partial charge in [0.2, 0.25) is 11.4 Å². The van der Waals surface area contributed by atoms with Gasteiger partial charge in [-0.3, -0.25) is 4.79 Å². The van der Waals surface area contributed by atoms with Gasteiger partial charge in [-0.2, -0.15) is 0 Å². The lowest BCUT2D eigenvalue weighted by molar-refractivity contribution is -0.168. The zero-order valence-electron chi connectivity index (χ0n) is 13.5. The Morgan fingerprint density at radius 3 is 1.81 bits per heavy atom. The highest BCUT2D eigenvalue weighted by molar-refractivity contribution is 6.07. The van der Waals surface area contributed by atoms with E-state index < -0.39 is 23.4 Å². The fraction of sp³-hybridized carbons (Fsp3) is 0.800. The minimum absolute atomic E-state index is 0.133. The highest BCUT2D eigenvalue weighted by Crippen LogP contribution is 2.20. The maximum absolute atomic E-state index is 12.2. The van der Waals surface area contributed by atoms with E-state index in [0.717, 1.165) is 19.3 Å². The molecular formula is C15H27NO5. The Bertz CT molecular complexity index is 336. The standard InChI is InChI=1S/C15H27NO5/c1-5-8-9-10-11-15(16-12(4)17,13(18)20-6-2)14(19)21-7-3/h5-11H2,1-4H3,(H,16,17). The molecule has 0 aliphatic rings. The van der Waals surface area contributed by atoms with Gasteiger partial charge in [-0.1, -0.05) is 26.2 Å². The molecule has 1 N–H and O–H groups in total. The number of carbonyl (C=O) groups is 3. The van der Waals surface area contributed by atoms with Crippen LogP contribution in [0.3, 0.4) is 0 Å². The van der Waals surface area contributed by atoms with Crippen LogP contribution >= 0.6 is 0 Å². The van der Waals surface area contributed by atoms with Gasteiger partial charge in [-0.05, 0) is 26.7 Å². The maximum atomic E-state index is 12.2.